The van der Waals surface area contributed by atoms with E-state index in [4.69, 9.17) is 4.74 Å². The second kappa shape index (κ2) is 12.5. The molecule has 134 valence electrons. The molecule has 1 rings (SSSR count). The number of allylic oxidation sites excluding steroid dienone is 1. The van der Waals surface area contributed by atoms with E-state index in [1.807, 2.05) is 6.08 Å². The molecule has 3 atom stereocenters. The fourth-order valence-corrected chi connectivity index (χ4v) is 2.80. The Kier molecular flexibility index (Phi) is 11.0. The molecule has 1 heterocycles. The normalized spacial score (nSPS) is 21.5. The summed E-state index contributed by atoms with van der Waals surface area (Å²) in [6.07, 6.45) is 15.6. The van der Waals surface area contributed by atoms with Crippen LogP contribution in [-0.2, 0) is 14.3 Å². The Morgan fingerprint density at radius 1 is 1.17 bits per heavy atom. The Morgan fingerprint density at radius 2 is 1.87 bits per heavy atom. The van der Waals surface area contributed by atoms with Crippen molar-refractivity contribution in [1.82, 2.24) is 0 Å². The van der Waals surface area contributed by atoms with E-state index >= 15 is 0 Å². The molecule has 0 aromatic rings. The van der Waals surface area contributed by atoms with E-state index < -0.39 is 6.10 Å². The molecule has 1 fully saturated rings. The Hall–Kier alpha value is -0.870. The van der Waals surface area contributed by atoms with E-state index in [2.05, 4.69) is 17.7 Å². The Labute approximate surface area is 141 Å². The summed E-state index contributed by atoms with van der Waals surface area (Å²) < 4.78 is 10.1. The van der Waals surface area contributed by atoms with E-state index in [1.165, 1.54) is 52.1 Å². The minimum absolute atomic E-state index is 0.0852. The number of esters is 1. The molecule has 0 radical (unpaired) electrons. The van der Waals surface area contributed by atoms with E-state index in [9.17, 15) is 9.90 Å². The third kappa shape index (κ3) is 9.77. The highest BCUT2D eigenvalue weighted by atomic mass is 16.6. The summed E-state index contributed by atoms with van der Waals surface area (Å²) in [6.45, 7) is 2.24. The van der Waals surface area contributed by atoms with Gasteiger partial charge in [0.2, 0.25) is 0 Å². The monoisotopic (exact) mass is 326 g/mol. The number of carbonyl (C=O) groups excluding carboxylic acids is 1. The van der Waals surface area contributed by atoms with Gasteiger partial charge in [0.25, 0.3) is 0 Å². The van der Waals surface area contributed by atoms with Crippen molar-refractivity contribution in [1.29, 1.82) is 0 Å². The molecule has 0 saturated carbocycles. The molecule has 0 aromatic heterocycles. The van der Waals surface area contributed by atoms with Gasteiger partial charge in [-0.3, -0.25) is 4.79 Å². The van der Waals surface area contributed by atoms with Crippen LogP contribution < -0.4 is 0 Å². The Balaban J connectivity index is 1.96. The number of aliphatic hydroxyl groups is 1. The fourth-order valence-electron chi connectivity index (χ4n) is 2.80. The first kappa shape index (κ1) is 20.2. The second-order valence-corrected chi connectivity index (χ2v) is 6.44. The zero-order chi connectivity index (χ0) is 16.9. The van der Waals surface area contributed by atoms with Crippen LogP contribution >= 0.6 is 0 Å². The highest BCUT2D eigenvalue weighted by Gasteiger charge is 2.42. The van der Waals surface area contributed by atoms with E-state index in [0.29, 0.717) is 6.42 Å². The van der Waals surface area contributed by atoms with Crippen molar-refractivity contribution in [2.45, 2.75) is 95.9 Å². The topological polar surface area (TPSA) is 59.1 Å². The summed E-state index contributed by atoms with van der Waals surface area (Å²) in [4.78, 5) is 11.0. The molecule has 0 amide bonds. The number of rotatable bonds is 14. The summed E-state index contributed by atoms with van der Waals surface area (Å²) in [5, 5.41) is 10.0. The summed E-state index contributed by atoms with van der Waals surface area (Å²) in [6, 6.07) is 0. The molecule has 4 heteroatoms. The molecular formula is C19H34O4. The molecule has 1 N–H and O–H groups in total. The minimum atomic E-state index is -0.511. The first-order valence-corrected chi connectivity index (χ1v) is 9.26. The maximum atomic E-state index is 11.0. The number of hydrogen-bond acceptors (Lipinski definition) is 4. The number of hydrogen-bond donors (Lipinski definition) is 1. The van der Waals surface area contributed by atoms with Gasteiger partial charge in [0, 0.05) is 6.42 Å². The molecule has 1 saturated heterocycles. The van der Waals surface area contributed by atoms with Gasteiger partial charge < -0.3 is 14.6 Å². The number of methoxy groups -OCH3 is 1. The first-order valence-electron chi connectivity index (χ1n) is 9.26. The fraction of sp³-hybridized carbons (Fsp3) is 0.842. The molecule has 1 aliphatic rings. The average Bonchev–Trinajstić information content (AvgIpc) is 3.32. The number of aliphatic hydroxyl groups excluding tert-OH is 1. The van der Waals surface area contributed by atoms with E-state index in [-0.39, 0.29) is 18.2 Å². The highest BCUT2D eigenvalue weighted by Crippen LogP contribution is 2.30. The van der Waals surface area contributed by atoms with Crippen LogP contribution in [0.3, 0.4) is 0 Å². The van der Waals surface area contributed by atoms with Gasteiger partial charge in [-0.05, 0) is 25.7 Å². The first-order chi connectivity index (χ1) is 11.2. The quantitative estimate of drug-likeness (QED) is 0.225. The predicted octanol–water partition coefficient (Wildman–Crippen LogP) is 4.15. The van der Waals surface area contributed by atoms with Crippen LogP contribution in [-0.4, -0.2) is 36.5 Å². The molecule has 0 bridgehead atoms. The number of unbranched alkanes of at least 4 members (excludes halogenated alkanes) is 7. The van der Waals surface area contributed by atoms with Crippen molar-refractivity contribution < 1.29 is 19.4 Å². The summed E-state index contributed by atoms with van der Waals surface area (Å²) in [5.74, 6) is -0.183. The Bertz CT molecular complexity index is 340. The van der Waals surface area contributed by atoms with E-state index in [0.717, 1.165) is 19.3 Å². The lowest BCUT2D eigenvalue weighted by Crippen LogP contribution is -2.14. The van der Waals surface area contributed by atoms with Crippen LogP contribution in [0, 0.1) is 0 Å². The van der Waals surface area contributed by atoms with Gasteiger partial charge in [-0.1, -0.05) is 57.6 Å². The van der Waals surface area contributed by atoms with Crippen molar-refractivity contribution in [3.8, 4) is 0 Å². The second-order valence-electron chi connectivity index (χ2n) is 6.44. The van der Waals surface area contributed by atoms with Crippen LogP contribution in [0.4, 0.5) is 0 Å². The van der Waals surface area contributed by atoms with Crippen LogP contribution in [0.25, 0.3) is 0 Å². The van der Waals surface area contributed by atoms with Crippen LogP contribution in [0.5, 0.6) is 0 Å². The maximum Gasteiger partial charge on any atom is 0.305 e. The van der Waals surface area contributed by atoms with Crippen molar-refractivity contribution in [3.05, 3.63) is 12.2 Å². The lowest BCUT2D eigenvalue weighted by molar-refractivity contribution is -0.140. The molecule has 0 aromatic carbocycles. The highest BCUT2D eigenvalue weighted by molar-refractivity contribution is 5.68. The van der Waals surface area contributed by atoms with Gasteiger partial charge >= 0.3 is 5.97 Å². The summed E-state index contributed by atoms with van der Waals surface area (Å²) in [5.41, 5.74) is 0. The van der Waals surface area contributed by atoms with Crippen LogP contribution in [0.2, 0.25) is 0 Å². The zero-order valence-corrected chi connectivity index (χ0v) is 14.8. The number of carbonyl (C=O) groups is 1. The summed E-state index contributed by atoms with van der Waals surface area (Å²) in [7, 11) is 1.40. The third-order valence-corrected chi connectivity index (χ3v) is 4.36. The average molecular weight is 326 g/mol. The lowest BCUT2D eigenvalue weighted by atomic mass is 10.1. The number of ether oxygens (including phenoxy) is 2. The van der Waals surface area contributed by atoms with Gasteiger partial charge in [0.1, 0.15) is 12.2 Å². The van der Waals surface area contributed by atoms with Gasteiger partial charge in [-0.2, -0.15) is 0 Å². The standard InChI is InChI=1S/C19H34O4/c1-3-4-5-6-7-8-9-10-11-13-16(20)19-17(23-19)14-12-15-18(21)22-2/h11,13,16-17,19-20H,3-10,12,14-15H2,1-2H3/b13-11-. The molecule has 23 heavy (non-hydrogen) atoms. The van der Waals surface area contributed by atoms with Gasteiger partial charge in [-0.15, -0.1) is 0 Å². The SMILES string of the molecule is CCCCCCCCC/C=C\C(O)C1OC1CCCC(=O)OC. The van der Waals surface area contributed by atoms with Gasteiger partial charge in [0.15, 0.2) is 0 Å². The summed E-state index contributed by atoms with van der Waals surface area (Å²) >= 11 is 0. The van der Waals surface area contributed by atoms with Crippen molar-refractivity contribution in [3.63, 3.8) is 0 Å². The lowest BCUT2D eigenvalue weighted by Gasteiger charge is -2.02. The zero-order valence-electron chi connectivity index (χ0n) is 14.8. The van der Waals surface area contributed by atoms with Crippen LogP contribution in [0.15, 0.2) is 12.2 Å². The van der Waals surface area contributed by atoms with E-state index in [1.54, 1.807) is 0 Å². The molecule has 1 aliphatic heterocycles. The van der Waals surface area contributed by atoms with Gasteiger partial charge in [-0.25, -0.2) is 0 Å². The predicted molar refractivity (Wildman–Crippen MR) is 92.3 cm³/mol. The molecule has 0 aliphatic carbocycles. The van der Waals surface area contributed by atoms with Crippen LogP contribution in [0.1, 0.15) is 77.6 Å². The van der Waals surface area contributed by atoms with Crippen molar-refractivity contribution in [2.75, 3.05) is 7.11 Å². The number of epoxide rings is 1. The molecular weight excluding hydrogens is 292 g/mol. The van der Waals surface area contributed by atoms with Gasteiger partial charge in [0.05, 0.1) is 13.2 Å². The third-order valence-electron chi connectivity index (χ3n) is 4.36. The largest absolute Gasteiger partial charge is 0.469 e. The molecule has 0 spiro atoms. The molecule has 4 nitrogen and oxygen atoms in total. The van der Waals surface area contributed by atoms with Crippen molar-refractivity contribution in [2.24, 2.45) is 0 Å². The Morgan fingerprint density at radius 3 is 2.57 bits per heavy atom. The minimum Gasteiger partial charge on any atom is -0.469 e. The molecule has 3 unspecified atom stereocenters. The maximum absolute atomic E-state index is 11.0. The van der Waals surface area contributed by atoms with Crippen molar-refractivity contribution >= 4 is 5.97 Å². The smallest absolute Gasteiger partial charge is 0.305 e.